The van der Waals surface area contributed by atoms with Crippen LogP contribution in [0.15, 0.2) is 53.1 Å². The summed E-state index contributed by atoms with van der Waals surface area (Å²) in [6, 6.07) is 13.6. The van der Waals surface area contributed by atoms with Crippen LogP contribution in [0.3, 0.4) is 0 Å². The van der Waals surface area contributed by atoms with Gasteiger partial charge in [0.25, 0.3) is 5.91 Å². The lowest BCUT2D eigenvalue weighted by Crippen LogP contribution is -2.24. The molecule has 0 unspecified atom stereocenters. The molecular formula is C21H22BrN3O2. The molecule has 27 heavy (non-hydrogen) atoms. The summed E-state index contributed by atoms with van der Waals surface area (Å²) in [5.74, 6) is 0.730. The second-order valence-corrected chi connectivity index (χ2v) is 7.36. The first-order chi connectivity index (χ1) is 12.9. The summed E-state index contributed by atoms with van der Waals surface area (Å²) in [7, 11) is 1.84. The molecule has 1 heterocycles. The molecule has 0 spiro atoms. The second kappa shape index (κ2) is 8.39. The standard InChI is InChI=1S/C21H22BrN3O2/c1-14-7-8-20(15(2)9-14)27-13-16-5-4-6-17(10-16)21(26)23-12-19-18(22)11-24-25(19)3/h4-11H,12-13H2,1-3H3,(H,23,26). The van der Waals surface area contributed by atoms with Gasteiger partial charge in [-0.1, -0.05) is 29.8 Å². The predicted molar refractivity (Wildman–Crippen MR) is 109 cm³/mol. The molecule has 0 saturated carbocycles. The molecule has 0 radical (unpaired) electrons. The van der Waals surface area contributed by atoms with Crippen LogP contribution in [-0.4, -0.2) is 15.7 Å². The Bertz CT molecular complexity index is 946. The zero-order chi connectivity index (χ0) is 19.4. The minimum absolute atomic E-state index is 0.128. The van der Waals surface area contributed by atoms with Crippen LogP contribution in [0.1, 0.15) is 32.7 Å². The van der Waals surface area contributed by atoms with Gasteiger partial charge in [0.05, 0.1) is 22.9 Å². The van der Waals surface area contributed by atoms with Crippen LogP contribution in [0.2, 0.25) is 0 Å². The van der Waals surface area contributed by atoms with Crippen molar-refractivity contribution in [3.63, 3.8) is 0 Å². The van der Waals surface area contributed by atoms with Crippen LogP contribution >= 0.6 is 15.9 Å². The first-order valence-corrected chi connectivity index (χ1v) is 9.47. The number of amides is 1. The molecule has 0 aliphatic rings. The first-order valence-electron chi connectivity index (χ1n) is 8.67. The van der Waals surface area contributed by atoms with Crippen LogP contribution in [0.4, 0.5) is 0 Å². The number of halogens is 1. The summed E-state index contributed by atoms with van der Waals surface area (Å²) in [4.78, 5) is 12.5. The molecule has 140 valence electrons. The van der Waals surface area contributed by atoms with Gasteiger partial charge >= 0.3 is 0 Å². The van der Waals surface area contributed by atoms with E-state index in [2.05, 4.69) is 39.3 Å². The summed E-state index contributed by atoms with van der Waals surface area (Å²) in [6.45, 7) is 4.91. The summed E-state index contributed by atoms with van der Waals surface area (Å²) in [5.41, 5.74) is 4.78. The quantitative estimate of drug-likeness (QED) is 0.637. The first kappa shape index (κ1) is 19.2. The van der Waals surface area contributed by atoms with Crippen molar-refractivity contribution in [3.8, 4) is 5.75 Å². The third-order valence-electron chi connectivity index (χ3n) is 4.34. The minimum atomic E-state index is -0.128. The van der Waals surface area contributed by atoms with E-state index in [0.717, 1.165) is 27.0 Å². The van der Waals surface area contributed by atoms with E-state index in [1.54, 1.807) is 16.9 Å². The fraction of sp³-hybridized carbons (Fsp3) is 0.238. The van der Waals surface area contributed by atoms with Crippen molar-refractivity contribution in [1.29, 1.82) is 0 Å². The van der Waals surface area contributed by atoms with Crippen molar-refractivity contribution in [3.05, 3.63) is 81.1 Å². The molecule has 0 saturated heterocycles. The maximum Gasteiger partial charge on any atom is 0.251 e. The highest BCUT2D eigenvalue weighted by Crippen LogP contribution is 2.20. The van der Waals surface area contributed by atoms with Crippen LogP contribution in [0, 0.1) is 13.8 Å². The highest BCUT2D eigenvalue weighted by Gasteiger charge is 2.10. The smallest absolute Gasteiger partial charge is 0.251 e. The van der Waals surface area contributed by atoms with Gasteiger partial charge in [0.1, 0.15) is 12.4 Å². The number of carbonyl (C=O) groups is 1. The Morgan fingerprint density at radius 3 is 2.74 bits per heavy atom. The van der Waals surface area contributed by atoms with E-state index < -0.39 is 0 Å². The average molecular weight is 428 g/mol. The van der Waals surface area contributed by atoms with Gasteiger partial charge in [0, 0.05) is 12.6 Å². The van der Waals surface area contributed by atoms with E-state index in [0.29, 0.717) is 18.7 Å². The number of nitrogens with one attached hydrogen (secondary N) is 1. The summed E-state index contributed by atoms with van der Waals surface area (Å²) >= 11 is 3.44. The number of hydrogen-bond donors (Lipinski definition) is 1. The Morgan fingerprint density at radius 2 is 2.04 bits per heavy atom. The lowest BCUT2D eigenvalue weighted by molar-refractivity contribution is 0.0950. The van der Waals surface area contributed by atoms with E-state index in [4.69, 9.17) is 4.74 Å². The van der Waals surface area contributed by atoms with Crippen molar-refractivity contribution >= 4 is 21.8 Å². The average Bonchev–Trinajstić information content (AvgIpc) is 2.97. The van der Waals surface area contributed by atoms with Gasteiger partial charge in [-0.15, -0.1) is 0 Å². The molecular weight excluding hydrogens is 406 g/mol. The van der Waals surface area contributed by atoms with Gasteiger partial charge in [-0.2, -0.15) is 5.10 Å². The van der Waals surface area contributed by atoms with Gasteiger partial charge in [0.2, 0.25) is 0 Å². The van der Waals surface area contributed by atoms with Crippen molar-refractivity contribution in [1.82, 2.24) is 15.1 Å². The predicted octanol–water partition coefficient (Wildman–Crippen LogP) is 4.31. The van der Waals surface area contributed by atoms with Crippen LogP contribution < -0.4 is 10.1 Å². The number of aromatic nitrogens is 2. The van der Waals surface area contributed by atoms with E-state index in [1.807, 2.05) is 44.3 Å². The molecule has 1 aromatic heterocycles. The molecule has 0 bridgehead atoms. The lowest BCUT2D eigenvalue weighted by atomic mass is 10.1. The SMILES string of the molecule is Cc1ccc(OCc2cccc(C(=O)NCc3c(Br)cnn3C)c2)c(C)c1. The molecule has 1 amide bonds. The highest BCUT2D eigenvalue weighted by atomic mass is 79.9. The third kappa shape index (κ3) is 4.77. The van der Waals surface area contributed by atoms with Crippen molar-refractivity contribution < 1.29 is 9.53 Å². The summed E-state index contributed by atoms with van der Waals surface area (Å²) in [6.07, 6.45) is 1.71. The zero-order valence-corrected chi connectivity index (χ0v) is 17.2. The number of rotatable bonds is 6. The van der Waals surface area contributed by atoms with E-state index in [1.165, 1.54) is 5.56 Å². The molecule has 3 aromatic rings. The van der Waals surface area contributed by atoms with Gasteiger partial charge in [0.15, 0.2) is 0 Å². The van der Waals surface area contributed by atoms with Crippen LogP contribution in [0.5, 0.6) is 5.75 Å². The number of aryl methyl sites for hydroxylation is 3. The van der Waals surface area contributed by atoms with E-state index >= 15 is 0 Å². The van der Waals surface area contributed by atoms with Gasteiger partial charge in [-0.3, -0.25) is 9.48 Å². The Balaban J connectivity index is 1.63. The second-order valence-electron chi connectivity index (χ2n) is 6.50. The number of carbonyl (C=O) groups excluding carboxylic acids is 1. The van der Waals surface area contributed by atoms with Gasteiger partial charge < -0.3 is 10.1 Å². The monoisotopic (exact) mass is 427 g/mol. The van der Waals surface area contributed by atoms with Gasteiger partial charge in [-0.25, -0.2) is 0 Å². The zero-order valence-electron chi connectivity index (χ0n) is 15.6. The Labute approximate surface area is 167 Å². The third-order valence-corrected chi connectivity index (χ3v) is 5.00. The number of benzene rings is 2. The molecule has 0 fully saturated rings. The molecule has 0 atom stereocenters. The Morgan fingerprint density at radius 1 is 1.22 bits per heavy atom. The van der Waals surface area contributed by atoms with Gasteiger partial charge in [-0.05, 0) is 59.1 Å². The Kier molecular flexibility index (Phi) is 5.96. The Hall–Kier alpha value is -2.60. The lowest BCUT2D eigenvalue weighted by Gasteiger charge is -2.11. The maximum absolute atomic E-state index is 12.5. The van der Waals surface area contributed by atoms with Crippen molar-refractivity contribution in [2.24, 2.45) is 7.05 Å². The van der Waals surface area contributed by atoms with E-state index in [-0.39, 0.29) is 5.91 Å². The fourth-order valence-corrected chi connectivity index (χ4v) is 3.31. The van der Waals surface area contributed by atoms with Crippen LogP contribution in [-0.2, 0) is 20.2 Å². The highest BCUT2D eigenvalue weighted by molar-refractivity contribution is 9.10. The molecule has 0 aliphatic carbocycles. The molecule has 3 rings (SSSR count). The van der Waals surface area contributed by atoms with Crippen molar-refractivity contribution in [2.75, 3.05) is 0 Å². The number of nitrogens with zero attached hydrogens (tertiary/aromatic N) is 2. The van der Waals surface area contributed by atoms with Crippen LogP contribution in [0.25, 0.3) is 0 Å². The molecule has 0 aliphatic heterocycles. The molecule has 1 N–H and O–H groups in total. The number of hydrogen-bond acceptors (Lipinski definition) is 3. The molecule has 5 nitrogen and oxygen atoms in total. The normalized spacial score (nSPS) is 10.7. The maximum atomic E-state index is 12.5. The topological polar surface area (TPSA) is 56.1 Å². The molecule has 6 heteroatoms. The fourth-order valence-electron chi connectivity index (χ4n) is 2.83. The molecule has 2 aromatic carbocycles. The largest absolute Gasteiger partial charge is 0.489 e. The summed E-state index contributed by atoms with van der Waals surface area (Å²) in [5, 5.41) is 7.08. The minimum Gasteiger partial charge on any atom is -0.489 e. The van der Waals surface area contributed by atoms with E-state index in [9.17, 15) is 4.79 Å². The van der Waals surface area contributed by atoms with Crippen molar-refractivity contribution in [2.45, 2.75) is 27.0 Å². The summed E-state index contributed by atoms with van der Waals surface area (Å²) < 4.78 is 8.52. The number of ether oxygens (including phenoxy) is 1.